The summed E-state index contributed by atoms with van der Waals surface area (Å²) in [5.74, 6) is 0.724. The van der Waals surface area contributed by atoms with Gasteiger partial charge in [0.1, 0.15) is 0 Å². The highest BCUT2D eigenvalue weighted by molar-refractivity contribution is 4.77. The van der Waals surface area contributed by atoms with Crippen molar-refractivity contribution >= 4 is 0 Å². The highest BCUT2D eigenvalue weighted by Crippen LogP contribution is 2.15. The minimum absolute atomic E-state index is 0.304. The zero-order valence-corrected chi connectivity index (χ0v) is 12.7. The number of rotatable bonds is 10. The van der Waals surface area contributed by atoms with Crippen LogP contribution in [0.4, 0.5) is 0 Å². The molecule has 0 amide bonds. The van der Waals surface area contributed by atoms with Gasteiger partial charge in [0, 0.05) is 25.8 Å². The van der Waals surface area contributed by atoms with Crippen molar-refractivity contribution in [1.82, 2.24) is 5.32 Å². The Bertz CT molecular complexity index is 217. The molecule has 0 aromatic rings. The molecule has 1 aliphatic heterocycles. The summed E-state index contributed by atoms with van der Waals surface area (Å²) in [6.45, 7) is 9.16. The second kappa shape index (κ2) is 9.70. The lowest BCUT2D eigenvalue weighted by molar-refractivity contribution is 0.0276. The molecular weight excluding hydrogens is 242 g/mol. The van der Waals surface area contributed by atoms with E-state index in [9.17, 15) is 5.11 Å². The van der Waals surface area contributed by atoms with Crippen LogP contribution in [0.5, 0.6) is 0 Å². The van der Waals surface area contributed by atoms with Crippen LogP contribution >= 0.6 is 0 Å². The molecule has 4 nitrogen and oxygen atoms in total. The van der Waals surface area contributed by atoms with Crippen molar-refractivity contribution in [2.24, 2.45) is 5.92 Å². The van der Waals surface area contributed by atoms with Gasteiger partial charge in [0.05, 0.1) is 18.8 Å². The molecule has 0 bridgehead atoms. The third-order valence-electron chi connectivity index (χ3n) is 3.58. The van der Waals surface area contributed by atoms with E-state index in [1.54, 1.807) is 0 Å². The first kappa shape index (κ1) is 16.9. The Morgan fingerprint density at radius 3 is 2.79 bits per heavy atom. The first-order valence-electron chi connectivity index (χ1n) is 7.70. The number of aliphatic hydroxyl groups is 1. The first-order valence-corrected chi connectivity index (χ1v) is 7.70. The van der Waals surface area contributed by atoms with Crippen molar-refractivity contribution in [3.63, 3.8) is 0 Å². The minimum Gasteiger partial charge on any atom is -0.389 e. The summed E-state index contributed by atoms with van der Waals surface area (Å²) in [6, 6.07) is 0.304. The molecule has 1 heterocycles. The average Bonchev–Trinajstić information content (AvgIpc) is 2.89. The molecule has 4 heteroatoms. The Hall–Kier alpha value is -0.160. The summed E-state index contributed by atoms with van der Waals surface area (Å²) in [5.41, 5.74) is 0. The van der Waals surface area contributed by atoms with Gasteiger partial charge in [-0.25, -0.2) is 0 Å². The molecule has 0 aromatic heterocycles. The number of aliphatic hydroxyl groups excluding tert-OH is 1. The van der Waals surface area contributed by atoms with E-state index in [0.717, 1.165) is 38.4 Å². The lowest BCUT2D eigenvalue weighted by Crippen LogP contribution is -2.42. The van der Waals surface area contributed by atoms with Crippen LogP contribution in [-0.4, -0.2) is 49.7 Å². The summed E-state index contributed by atoms with van der Waals surface area (Å²) in [7, 11) is 0. The molecule has 0 aliphatic carbocycles. The number of ether oxygens (including phenoxy) is 2. The molecule has 1 fully saturated rings. The Labute approximate surface area is 117 Å². The lowest BCUT2D eigenvalue weighted by Gasteiger charge is -2.21. The molecule has 3 unspecified atom stereocenters. The van der Waals surface area contributed by atoms with Gasteiger partial charge in [-0.15, -0.1) is 0 Å². The third kappa shape index (κ3) is 7.88. The van der Waals surface area contributed by atoms with E-state index >= 15 is 0 Å². The van der Waals surface area contributed by atoms with E-state index in [2.05, 4.69) is 26.1 Å². The summed E-state index contributed by atoms with van der Waals surface area (Å²) in [4.78, 5) is 0. The van der Waals surface area contributed by atoms with Gasteiger partial charge >= 0.3 is 0 Å². The molecule has 0 aromatic carbocycles. The second-order valence-electron chi connectivity index (χ2n) is 6.01. The zero-order chi connectivity index (χ0) is 14.1. The fourth-order valence-electron chi connectivity index (χ4n) is 2.32. The van der Waals surface area contributed by atoms with Gasteiger partial charge in [0.2, 0.25) is 0 Å². The minimum atomic E-state index is -0.428. The van der Waals surface area contributed by atoms with Crippen molar-refractivity contribution in [1.29, 1.82) is 0 Å². The molecule has 0 spiro atoms. The van der Waals surface area contributed by atoms with Crippen molar-refractivity contribution in [3.05, 3.63) is 0 Å². The van der Waals surface area contributed by atoms with E-state index in [-0.39, 0.29) is 0 Å². The van der Waals surface area contributed by atoms with Crippen molar-refractivity contribution in [2.75, 3.05) is 26.4 Å². The maximum Gasteiger partial charge on any atom is 0.0897 e. The predicted octanol–water partition coefficient (Wildman–Crippen LogP) is 1.96. The SMILES string of the molecule is CC(C)CCCOCC(O)CNC(C)C1CCCO1. The molecule has 1 rings (SSSR count). The predicted molar refractivity (Wildman–Crippen MR) is 77.3 cm³/mol. The molecule has 0 radical (unpaired) electrons. The maximum absolute atomic E-state index is 9.82. The van der Waals surface area contributed by atoms with Crippen molar-refractivity contribution in [3.8, 4) is 0 Å². The average molecular weight is 273 g/mol. The van der Waals surface area contributed by atoms with Gasteiger partial charge in [-0.05, 0) is 38.5 Å². The topological polar surface area (TPSA) is 50.7 Å². The monoisotopic (exact) mass is 273 g/mol. The van der Waals surface area contributed by atoms with Gasteiger partial charge in [-0.2, -0.15) is 0 Å². The second-order valence-corrected chi connectivity index (χ2v) is 6.01. The van der Waals surface area contributed by atoms with Crippen LogP contribution in [0.25, 0.3) is 0 Å². The van der Waals surface area contributed by atoms with Crippen LogP contribution in [0.15, 0.2) is 0 Å². The summed E-state index contributed by atoms with van der Waals surface area (Å²) in [5, 5.41) is 13.1. The van der Waals surface area contributed by atoms with Crippen LogP contribution in [0.2, 0.25) is 0 Å². The number of hydrogen-bond donors (Lipinski definition) is 2. The molecule has 1 saturated heterocycles. The third-order valence-corrected chi connectivity index (χ3v) is 3.58. The van der Waals surface area contributed by atoms with Gasteiger partial charge in [0.25, 0.3) is 0 Å². The number of nitrogens with one attached hydrogen (secondary N) is 1. The molecule has 2 N–H and O–H groups in total. The van der Waals surface area contributed by atoms with Gasteiger partial charge in [0.15, 0.2) is 0 Å². The summed E-state index contributed by atoms with van der Waals surface area (Å²) in [6.07, 6.45) is 4.41. The van der Waals surface area contributed by atoms with Crippen molar-refractivity contribution in [2.45, 2.75) is 64.7 Å². The van der Waals surface area contributed by atoms with E-state index in [1.807, 2.05) is 0 Å². The maximum atomic E-state index is 9.82. The molecular formula is C15H31NO3. The van der Waals surface area contributed by atoms with Gasteiger partial charge in [-0.3, -0.25) is 0 Å². The fraction of sp³-hybridized carbons (Fsp3) is 1.00. The number of hydrogen-bond acceptors (Lipinski definition) is 4. The fourth-order valence-corrected chi connectivity index (χ4v) is 2.32. The standard InChI is InChI=1S/C15H31NO3/c1-12(2)6-4-8-18-11-14(17)10-16-13(3)15-7-5-9-19-15/h12-17H,4-11H2,1-3H3. The lowest BCUT2D eigenvalue weighted by atomic mass is 10.1. The molecule has 114 valence electrons. The highest BCUT2D eigenvalue weighted by atomic mass is 16.5. The smallest absolute Gasteiger partial charge is 0.0897 e. The largest absolute Gasteiger partial charge is 0.389 e. The molecule has 1 aliphatic rings. The molecule has 19 heavy (non-hydrogen) atoms. The molecule has 3 atom stereocenters. The van der Waals surface area contributed by atoms with E-state index in [1.165, 1.54) is 6.42 Å². The van der Waals surface area contributed by atoms with E-state index in [0.29, 0.717) is 25.3 Å². The highest BCUT2D eigenvalue weighted by Gasteiger charge is 2.22. The van der Waals surface area contributed by atoms with E-state index in [4.69, 9.17) is 9.47 Å². The van der Waals surface area contributed by atoms with Crippen LogP contribution in [0.3, 0.4) is 0 Å². The normalized spacial score (nSPS) is 22.9. The van der Waals surface area contributed by atoms with E-state index < -0.39 is 6.10 Å². The first-order chi connectivity index (χ1) is 9.09. The van der Waals surface area contributed by atoms with Crippen LogP contribution in [0, 0.1) is 5.92 Å². The Morgan fingerprint density at radius 2 is 2.16 bits per heavy atom. The Balaban J connectivity index is 1.96. The van der Waals surface area contributed by atoms with Crippen molar-refractivity contribution < 1.29 is 14.6 Å². The van der Waals surface area contributed by atoms with Gasteiger partial charge < -0.3 is 19.9 Å². The Morgan fingerprint density at radius 1 is 1.37 bits per heavy atom. The van der Waals surface area contributed by atoms with Crippen LogP contribution in [0.1, 0.15) is 46.5 Å². The Kier molecular flexibility index (Phi) is 8.62. The molecule has 0 saturated carbocycles. The zero-order valence-electron chi connectivity index (χ0n) is 12.7. The quantitative estimate of drug-likeness (QED) is 0.597. The van der Waals surface area contributed by atoms with Crippen LogP contribution < -0.4 is 5.32 Å². The summed E-state index contributed by atoms with van der Waals surface area (Å²) < 4.78 is 11.1. The van der Waals surface area contributed by atoms with Gasteiger partial charge in [-0.1, -0.05) is 13.8 Å². The summed E-state index contributed by atoms with van der Waals surface area (Å²) >= 11 is 0. The van der Waals surface area contributed by atoms with Crippen LogP contribution in [-0.2, 0) is 9.47 Å².